The first-order valence-electron chi connectivity index (χ1n) is 5.91. The summed E-state index contributed by atoms with van der Waals surface area (Å²) in [4.78, 5) is 14.0. The van der Waals surface area contributed by atoms with Crippen molar-refractivity contribution >= 4 is 11.6 Å². The van der Waals surface area contributed by atoms with E-state index in [1.807, 2.05) is 24.3 Å². The molecular formula is C13H15NO3. The van der Waals surface area contributed by atoms with Gasteiger partial charge in [0, 0.05) is 12.6 Å². The summed E-state index contributed by atoms with van der Waals surface area (Å²) in [5, 5.41) is 0. The number of amides is 1. The van der Waals surface area contributed by atoms with Gasteiger partial charge < -0.3 is 14.4 Å². The van der Waals surface area contributed by atoms with Gasteiger partial charge in [-0.2, -0.15) is 0 Å². The quantitative estimate of drug-likeness (QED) is 0.684. The third-order valence-electron chi connectivity index (χ3n) is 3.36. The lowest BCUT2D eigenvalue weighted by atomic mass is 10.1. The Labute approximate surface area is 100 Å². The fourth-order valence-electron chi connectivity index (χ4n) is 2.45. The molecule has 0 aliphatic carbocycles. The summed E-state index contributed by atoms with van der Waals surface area (Å²) in [7, 11) is 1.76. The Balaban J connectivity index is 2.12. The van der Waals surface area contributed by atoms with Gasteiger partial charge in [0.2, 0.25) is 0 Å². The number of anilines is 1. The lowest BCUT2D eigenvalue weighted by Crippen LogP contribution is -2.42. The first kappa shape index (κ1) is 10.7. The van der Waals surface area contributed by atoms with Crippen LogP contribution in [0.25, 0.3) is 0 Å². The van der Waals surface area contributed by atoms with E-state index in [0.29, 0.717) is 13.2 Å². The average molecular weight is 233 g/mol. The summed E-state index contributed by atoms with van der Waals surface area (Å²) < 4.78 is 11.5. The van der Waals surface area contributed by atoms with Crippen LogP contribution in [0, 0.1) is 0 Å². The summed E-state index contributed by atoms with van der Waals surface area (Å²) in [6.45, 7) is 1.13. The zero-order chi connectivity index (χ0) is 11.9. The number of hydrogen-bond acceptors (Lipinski definition) is 3. The van der Waals surface area contributed by atoms with Crippen molar-refractivity contribution in [1.29, 1.82) is 0 Å². The van der Waals surface area contributed by atoms with Gasteiger partial charge in [-0.25, -0.2) is 0 Å². The lowest BCUT2D eigenvalue weighted by molar-refractivity contribution is -0.222. The Morgan fingerprint density at radius 3 is 2.53 bits per heavy atom. The third-order valence-corrected chi connectivity index (χ3v) is 3.36. The van der Waals surface area contributed by atoms with Crippen LogP contribution in [-0.4, -0.2) is 26.2 Å². The number of rotatable bonds is 0. The molecular weight excluding hydrogens is 218 g/mol. The smallest absolute Gasteiger partial charge is 0.292 e. The van der Waals surface area contributed by atoms with E-state index in [1.165, 1.54) is 0 Å². The third kappa shape index (κ3) is 1.41. The molecule has 1 spiro atoms. The molecule has 0 N–H and O–H groups in total. The van der Waals surface area contributed by atoms with Crippen LogP contribution >= 0.6 is 0 Å². The fraction of sp³-hybridized carbons (Fsp3) is 0.462. The molecule has 4 nitrogen and oxygen atoms in total. The number of benzene rings is 1. The van der Waals surface area contributed by atoms with Crippen LogP contribution in [0.15, 0.2) is 24.3 Å². The number of fused-ring (bicyclic) bond motifs is 2. The number of carbonyl (C=O) groups excluding carboxylic acids is 1. The molecule has 0 unspecified atom stereocenters. The maximum absolute atomic E-state index is 12.4. The van der Waals surface area contributed by atoms with Crippen LogP contribution in [0.2, 0.25) is 0 Å². The standard InChI is InChI=1S/C13H15NO3/c1-14-11-7-3-2-6-10(11)13(12(14)15)16-8-4-5-9-17-13/h2-3,6-7H,4-5,8-9H2,1H3. The van der Waals surface area contributed by atoms with Crippen LogP contribution in [0.5, 0.6) is 0 Å². The molecule has 4 heteroatoms. The molecule has 0 bridgehead atoms. The topological polar surface area (TPSA) is 38.8 Å². The number of likely N-dealkylation sites (N-methyl/N-ethyl adjacent to an activating group) is 1. The van der Waals surface area contributed by atoms with Crippen molar-refractivity contribution in [2.45, 2.75) is 18.6 Å². The molecule has 1 saturated heterocycles. The Hall–Kier alpha value is -1.39. The van der Waals surface area contributed by atoms with E-state index in [9.17, 15) is 4.79 Å². The Morgan fingerprint density at radius 2 is 1.82 bits per heavy atom. The van der Waals surface area contributed by atoms with Crippen LogP contribution in [0.3, 0.4) is 0 Å². The van der Waals surface area contributed by atoms with Crippen molar-refractivity contribution in [3.05, 3.63) is 29.8 Å². The van der Waals surface area contributed by atoms with E-state index in [4.69, 9.17) is 9.47 Å². The van der Waals surface area contributed by atoms with Crippen LogP contribution < -0.4 is 4.90 Å². The summed E-state index contributed by atoms with van der Waals surface area (Å²) >= 11 is 0. The Bertz CT molecular complexity index is 450. The minimum absolute atomic E-state index is 0.124. The van der Waals surface area contributed by atoms with Crippen LogP contribution in [-0.2, 0) is 20.1 Å². The molecule has 1 amide bonds. The van der Waals surface area contributed by atoms with Gasteiger partial charge >= 0.3 is 0 Å². The first-order chi connectivity index (χ1) is 8.26. The fourth-order valence-corrected chi connectivity index (χ4v) is 2.45. The molecule has 2 heterocycles. The van der Waals surface area contributed by atoms with Gasteiger partial charge in [-0.05, 0) is 18.9 Å². The first-order valence-corrected chi connectivity index (χ1v) is 5.91. The zero-order valence-corrected chi connectivity index (χ0v) is 9.81. The van der Waals surface area contributed by atoms with Crippen LogP contribution in [0.4, 0.5) is 5.69 Å². The number of nitrogens with zero attached hydrogens (tertiary/aromatic N) is 1. The highest BCUT2D eigenvalue weighted by atomic mass is 16.7. The van der Waals surface area contributed by atoms with Gasteiger partial charge in [0.25, 0.3) is 11.7 Å². The summed E-state index contributed by atoms with van der Waals surface area (Å²) in [6, 6.07) is 7.64. The maximum atomic E-state index is 12.4. The minimum Gasteiger partial charge on any atom is -0.338 e. The van der Waals surface area contributed by atoms with Gasteiger partial charge in [0.1, 0.15) is 0 Å². The van der Waals surface area contributed by atoms with E-state index in [1.54, 1.807) is 11.9 Å². The molecule has 2 aliphatic heterocycles. The number of ether oxygens (including phenoxy) is 2. The van der Waals surface area contributed by atoms with Crippen molar-refractivity contribution < 1.29 is 14.3 Å². The minimum atomic E-state index is -1.19. The molecule has 1 aromatic carbocycles. The summed E-state index contributed by atoms with van der Waals surface area (Å²) in [5.74, 6) is -1.32. The SMILES string of the molecule is CN1C(=O)C2(OCCCCO2)c2ccccc21. The highest BCUT2D eigenvalue weighted by Crippen LogP contribution is 2.43. The van der Waals surface area contributed by atoms with Crippen molar-refractivity contribution in [2.24, 2.45) is 0 Å². The molecule has 1 fully saturated rings. The normalized spacial score (nSPS) is 22.6. The van der Waals surface area contributed by atoms with Crippen molar-refractivity contribution in [3.63, 3.8) is 0 Å². The predicted molar refractivity (Wildman–Crippen MR) is 62.7 cm³/mol. The lowest BCUT2D eigenvalue weighted by Gasteiger charge is -2.26. The molecule has 0 aromatic heterocycles. The molecule has 2 aliphatic rings. The number of para-hydroxylation sites is 1. The largest absolute Gasteiger partial charge is 0.338 e. The number of hydrogen-bond donors (Lipinski definition) is 0. The monoisotopic (exact) mass is 233 g/mol. The Kier molecular flexibility index (Phi) is 2.42. The molecule has 0 radical (unpaired) electrons. The molecule has 90 valence electrons. The van der Waals surface area contributed by atoms with Crippen LogP contribution in [0.1, 0.15) is 18.4 Å². The highest BCUT2D eigenvalue weighted by molar-refractivity contribution is 6.05. The van der Waals surface area contributed by atoms with E-state index in [0.717, 1.165) is 24.1 Å². The second-order valence-corrected chi connectivity index (χ2v) is 4.40. The highest BCUT2D eigenvalue weighted by Gasteiger charge is 2.52. The average Bonchev–Trinajstić information content (AvgIpc) is 2.57. The molecule has 0 saturated carbocycles. The maximum Gasteiger partial charge on any atom is 0.292 e. The van der Waals surface area contributed by atoms with E-state index in [-0.39, 0.29) is 5.91 Å². The predicted octanol–water partition coefficient (Wildman–Crippen LogP) is 1.64. The molecule has 1 aromatic rings. The van der Waals surface area contributed by atoms with Gasteiger partial charge in [0.05, 0.1) is 18.9 Å². The summed E-state index contributed by atoms with van der Waals surface area (Å²) in [5.41, 5.74) is 1.70. The van der Waals surface area contributed by atoms with Gasteiger partial charge in [0.15, 0.2) is 0 Å². The second kappa shape index (κ2) is 3.82. The Morgan fingerprint density at radius 1 is 1.18 bits per heavy atom. The summed E-state index contributed by atoms with van der Waals surface area (Å²) in [6.07, 6.45) is 1.86. The van der Waals surface area contributed by atoms with Crippen molar-refractivity contribution in [3.8, 4) is 0 Å². The van der Waals surface area contributed by atoms with Gasteiger partial charge in [-0.1, -0.05) is 18.2 Å². The van der Waals surface area contributed by atoms with E-state index in [2.05, 4.69) is 0 Å². The van der Waals surface area contributed by atoms with E-state index < -0.39 is 5.79 Å². The zero-order valence-electron chi connectivity index (χ0n) is 9.81. The van der Waals surface area contributed by atoms with Gasteiger partial charge in [-0.15, -0.1) is 0 Å². The van der Waals surface area contributed by atoms with Crippen molar-refractivity contribution in [1.82, 2.24) is 0 Å². The molecule has 17 heavy (non-hydrogen) atoms. The second-order valence-electron chi connectivity index (χ2n) is 4.40. The molecule has 3 rings (SSSR count). The van der Waals surface area contributed by atoms with E-state index >= 15 is 0 Å². The van der Waals surface area contributed by atoms with Crippen molar-refractivity contribution in [2.75, 3.05) is 25.2 Å². The number of carbonyl (C=O) groups is 1. The molecule has 0 atom stereocenters. The van der Waals surface area contributed by atoms with Gasteiger partial charge in [-0.3, -0.25) is 4.79 Å².